The van der Waals surface area contributed by atoms with Crippen molar-refractivity contribution in [2.24, 2.45) is 0 Å². The van der Waals surface area contributed by atoms with Gasteiger partial charge in [-0.3, -0.25) is 4.79 Å². The number of carbonyl (C=O) groups is 1. The number of ether oxygens (including phenoxy) is 1. The molecule has 0 atom stereocenters. The van der Waals surface area contributed by atoms with Crippen molar-refractivity contribution in [2.45, 2.75) is 30.8 Å². The normalized spacial score (nSPS) is 14.8. The molecule has 33 heavy (non-hydrogen) atoms. The van der Waals surface area contributed by atoms with Crippen molar-refractivity contribution in [3.05, 3.63) is 77.9 Å². The molecule has 1 saturated heterocycles. The third kappa shape index (κ3) is 6.25. The standard InChI is InChI=1S/C23H27N5O4S/c29-23(25-15-20-2-1-3-21(14-20)16-27-18-24-17-26-27)9-6-19-4-7-22(8-5-19)33(30,31)28-10-12-32-13-11-28/h1-5,7-8,14,17-18H,6,9-13,15-16H2,(H,25,29). The molecule has 1 aromatic heterocycles. The highest BCUT2D eigenvalue weighted by molar-refractivity contribution is 7.89. The monoisotopic (exact) mass is 469 g/mol. The van der Waals surface area contributed by atoms with Crippen molar-refractivity contribution < 1.29 is 17.9 Å². The summed E-state index contributed by atoms with van der Waals surface area (Å²) in [5, 5.41) is 7.05. The number of hydrogen-bond donors (Lipinski definition) is 1. The van der Waals surface area contributed by atoms with Crippen molar-refractivity contribution in [3.63, 3.8) is 0 Å². The number of nitrogens with zero attached hydrogens (tertiary/aromatic N) is 4. The molecular weight excluding hydrogens is 442 g/mol. The van der Waals surface area contributed by atoms with Crippen LogP contribution < -0.4 is 5.32 Å². The molecule has 174 valence electrons. The average molecular weight is 470 g/mol. The van der Waals surface area contributed by atoms with Crippen LogP contribution in [-0.2, 0) is 39.1 Å². The highest BCUT2D eigenvalue weighted by atomic mass is 32.2. The molecule has 1 N–H and O–H groups in total. The van der Waals surface area contributed by atoms with Crippen LogP contribution in [0.5, 0.6) is 0 Å². The van der Waals surface area contributed by atoms with Gasteiger partial charge < -0.3 is 10.1 Å². The number of aryl methyl sites for hydroxylation is 1. The van der Waals surface area contributed by atoms with Crippen LogP contribution in [0.2, 0.25) is 0 Å². The molecule has 0 spiro atoms. The van der Waals surface area contributed by atoms with E-state index >= 15 is 0 Å². The Morgan fingerprint density at radius 1 is 1.03 bits per heavy atom. The third-order valence-corrected chi connectivity index (χ3v) is 7.38. The van der Waals surface area contributed by atoms with Crippen LogP contribution in [0.15, 0.2) is 66.1 Å². The summed E-state index contributed by atoms with van der Waals surface area (Å²) in [7, 11) is -3.50. The molecule has 0 aliphatic carbocycles. The van der Waals surface area contributed by atoms with Gasteiger partial charge in [-0.25, -0.2) is 18.1 Å². The van der Waals surface area contributed by atoms with Crippen LogP contribution in [-0.4, -0.2) is 59.7 Å². The van der Waals surface area contributed by atoms with Gasteiger partial charge in [-0.15, -0.1) is 0 Å². The number of sulfonamides is 1. The predicted octanol–water partition coefficient (Wildman–Crippen LogP) is 1.60. The molecule has 0 bridgehead atoms. The van der Waals surface area contributed by atoms with Crippen LogP contribution in [0.3, 0.4) is 0 Å². The molecule has 0 radical (unpaired) electrons. The number of carbonyl (C=O) groups excluding carboxylic acids is 1. The maximum atomic E-state index is 12.7. The molecule has 2 aromatic carbocycles. The largest absolute Gasteiger partial charge is 0.379 e. The fraction of sp³-hybridized carbons (Fsp3) is 0.348. The van der Waals surface area contributed by atoms with Crippen LogP contribution >= 0.6 is 0 Å². The first-order valence-electron chi connectivity index (χ1n) is 10.8. The van der Waals surface area contributed by atoms with Gasteiger partial charge >= 0.3 is 0 Å². The van der Waals surface area contributed by atoms with Crippen LogP contribution in [0.4, 0.5) is 0 Å². The Balaban J connectivity index is 1.25. The molecule has 1 aliphatic rings. The number of benzene rings is 2. The molecule has 1 aliphatic heterocycles. The van der Waals surface area contributed by atoms with Gasteiger partial charge in [-0.05, 0) is 35.2 Å². The molecule has 9 nitrogen and oxygen atoms in total. The molecule has 1 fully saturated rings. The van der Waals surface area contributed by atoms with Gasteiger partial charge in [-0.2, -0.15) is 9.40 Å². The Kier molecular flexibility index (Phi) is 7.48. The summed E-state index contributed by atoms with van der Waals surface area (Å²) >= 11 is 0. The molecule has 2 heterocycles. The number of hydrogen-bond acceptors (Lipinski definition) is 6. The lowest BCUT2D eigenvalue weighted by Gasteiger charge is -2.26. The second kappa shape index (κ2) is 10.7. The maximum Gasteiger partial charge on any atom is 0.243 e. The Bertz CT molecular complexity index is 1160. The summed E-state index contributed by atoms with van der Waals surface area (Å²) in [4.78, 5) is 16.5. The van der Waals surface area contributed by atoms with Crippen LogP contribution in [0.25, 0.3) is 0 Å². The SMILES string of the molecule is O=C(CCc1ccc(S(=O)(=O)N2CCOCC2)cc1)NCc1cccc(Cn2cncn2)c1. The van der Waals surface area contributed by atoms with Crippen molar-refractivity contribution >= 4 is 15.9 Å². The summed E-state index contributed by atoms with van der Waals surface area (Å²) in [6.45, 7) is 2.64. The lowest BCUT2D eigenvalue weighted by atomic mass is 10.1. The molecule has 0 saturated carbocycles. The number of morpholine rings is 1. The number of nitrogens with one attached hydrogen (secondary N) is 1. The smallest absolute Gasteiger partial charge is 0.243 e. The zero-order valence-corrected chi connectivity index (χ0v) is 19.1. The summed E-state index contributed by atoms with van der Waals surface area (Å²) in [5.74, 6) is -0.0540. The fourth-order valence-corrected chi connectivity index (χ4v) is 5.06. The highest BCUT2D eigenvalue weighted by Gasteiger charge is 2.26. The molecule has 1 amide bonds. The Morgan fingerprint density at radius 2 is 1.79 bits per heavy atom. The van der Waals surface area contributed by atoms with Gasteiger partial charge in [0.15, 0.2) is 0 Å². The Hall–Kier alpha value is -3.08. The topological polar surface area (TPSA) is 106 Å². The Morgan fingerprint density at radius 3 is 2.52 bits per heavy atom. The molecule has 4 rings (SSSR count). The average Bonchev–Trinajstić information content (AvgIpc) is 3.35. The van der Waals surface area contributed by atoms with E-state index in [0.29, 0.717) is 52.2 Å². The molecular formula is C23H27N5O4S. The van der Waals surface area contributed by atoms with E-state index in [1.807, 2.05) is 24.3 Å². The van der Waals surface area contributed by atoms with E-state index < -0.39 is 10.0 Å². The summed E-state index contributed by atoms with van der Waals surface area (Å²) in [6, 6.07) is 14.7. The van der Waals surface area contributed by atoms with Gasteiger partial charge in [0.25, 0.3) is 0 Å². The van der Waals surface area contributed by atoms with Gasteiger partial charge in [0.2, 0.25) is 15.9 Å². The zero-order chi connectivity index (χ0) is 23.1. The second-order valence-electron chi connectivity index (χ2n) is 7.85. The first-order valence-corrected chi connectivity index (χ1v) is 12.3. The lowest BCUT2D eigenvalue weighted by molar-refractivity contribution is -0.121. The van der Waals surface area contributed by atoms with Gasteiger partial charge in [0.1, 0.15) is 12.7 Å². The van der Waals surface area contributed by atoms with Crippen molar-refractivity contribution in [1.29, 1.82) is 0 Å². The number of rotatable bonds is 9. The van der Waals surface area contributed by atoms with Crippen LogP contribution in [0, 0.1) is 0 Å². The number of aromatic nitrogens is 3. The van der Waals surface area contributed by atoms with Crippen molar-refractivity contribution in [1.82, 2.24) is 24.4 Å². The van der Waals surface area contributed by atoms with E-state index in [1.165, 1.54) is 10.6 Å². The minimum atomic E-state index is -3.50. The van der Waals surface area contributed by atoms with E-state index in [0.717, 1.165) is 16.7 Å². The van der Waals surface area contributed by atoms with E-state index in [2.05, 4.69) is 15.4 Å². The first-order chi connectivity index (χ1) is 16.0. The van der Waals surface area contributed by atoms with E-state index in [9.17, 15) is 13.2 Å². The molecule has 10 heteroatoms. The summed E-state index contributed by atoms with van der Waals surface area (Å²) in [5.41, 5.74) is 3.01. The Labute approximate surface area is 193 Å². The maximum absolute atomic E-state index is 12.7. The summed E-state index contributed by atoms with van der Waals surface area (Å²) < 4.78 is 33.8. The van der Waals surface area contributed by atoms with Crippen molar-refractivity contribution in [2.75, 3.05) is 26.3 Å². The fourth-order valence-electron chi connectivity index (χ4n) is 3.65. The lowest BCUT2D eigenvalue weighted by Crippen LogP contribution is -2.40. The van der Waals surface area contributed by atoms with Gasteiger partial charge in [-0.1, -0.05) is 36.4 Å². The third-order valence-electron chi connectivity index (χ3n) is 5.46. The summed E-state index contributed by atoms with van der Waals surface area (Å²) in [6.07, 6.45) is 4.03. The first kappa shape index (κ1) is 23.1. The predicted molar refractivity (Wildman–Crippen MR) is 122 cm³/mol. The van der Waals surface area contributed by atoms with Crippen molar-refractivity contribution in [3.8, 4) is 0 Å². The second-order valence-corrected chi connectivity index (χ2v) is 9.79. The van der Waals surface area contributed by atoms with E-state index in [4.69, 9.17) is 4.74 Å². The minimum absolute atomic E-state index is 0.0540. The van der Waals surface area contributed by atoms with Gasteiger partial charge in [0, 0.05) is 26.1 Å². The van der Waals surface area contributed by atoms with E-state index in [1.54, 1.807) is 35.3 Å². The van der Waals surface area contributed by atoms with Gasteiger partial charge in [0.05, 0.1) is 24.7 Å². The molecule has 3 aromatic rings. The van der Waals surface area contributed by atoms with Crippen LogP contribution in [0.1, 0.15) is 23.1 Å². The minimum Gasteiger partial charge on any atom is -0.379 e. The molecule has 0 unspecified atom stereocenters. The highest BCUT2D eigenvalue weighted by Crippen LogP contribution is 2.18. The quantitative estimate of drug-likeness (QED) is 0.510. The van der Waals surface area contributed by atoms with E-state index in [-0.39, 0.29) is 10.8 Å². The number of amides is 1. The zero-order valence-electron chi connectivity index (χ0n) is 18.3.